The lowest BCUT2D eigenvalue weighted by atomic mass is 10.1. The number of nitrogens with zero attached hydrogens (tertiary/aromatic N) is 4. The highest BCUT2D eigenvalue weighted by molar-refractivity contribution is 5.95. The van der Waals surface area contributed by atoms with Crippen molar-refractivity contribution < 1.29 is 4.79 Å². The van der Waals surface area contributed by atoms with Crippen LogP contribution in [-0.4, -0.2) is 25.3 Å². The van der Waals surface area contributed by atoms with Crippen molar-refractivity contribution in [1.82, 2.24) is 19.5 Å². The number of imidazole rings is 1. The quantitative estimate of drug-likeness (QED) is 0.574. The Kier molecular flexibility index (Phi) is 3.93. The third kappa shape index (κ3) is 2.82. The summed E-state index contributed by atoms with van der Waals surface area (Å²) in [5.41, 5.74) is 9.84. The molecule has 0 amide bonds. The lowest BCUT2D eigenvalue weighted by Gasteiger charge is -2.09. The Hall–Kier alpha value is -3.54. The minimum Gasteiger partial charge on any atom is -0.382 e. The van der Waals surface area contributed by atoms with Crippen LogP contribution in [0.4, 0.5) is 5.82 Å². The van der Waals surface area contributed by atoms with Crippen LogP contribution < -0.4 is 5.73 Å². The summed E-state index contributed by atoms with van der Waals surface area (Å²) < 4.78 is 2.00. The maximum Gasteiger partial charge on any atom is 0.166 e. The van der Waals surface area contributed by atoms with Crippen LogP contribution in [0.15, 0.2) is 60.9 Å². The normalized spacial score (nSPS) is 11.0. The largest absolute Gasteiger partial charge is 0.382 e. The van der Waals surface area contributed by atoms with Crippen LogP contribution in [0.2, 0.25) is 0 Å². The number of ketones is 1. The molecule has 4 aromatic rings. The number of fused-ring (bicyclic) bond motifs is 1. The number of carbonyl (C=O) groups is 1. The van der Waals surface area contributed by atoms with Crippen molar-refractivity contribution in [3.8, 4) is 11.4 Å². The minimum absolute atomic E-state index is 0.0110. The second-order valence-electron chi connectivity index (χ2n) is 6.08. The average Bonchev–Trinajstić information content (AvgIpc) is 3.03. The first kappa shape index (κ1) is 16.0. The van der Waals surface area contributed by atoms with Gasteiger partial charge >= 0.3 is 0 Å². The van der Waals surface area contributed by atoms with Gasteiger partial charge in [0.05, 0.1) is 6.54 Å². The first-order valence-electron chi connectivity index (χ1n) is 8.25. The molecule has 0 radical (unpaired) electrons. The highest BCUT2D eigenvalue weighted by Gasteiger charge is 2.17. The molecule has 6 heteroatoms. The number of hydrogen-bond acceptors (Lipinski definition) is 5. The van der Waals surface area contributed by atoms with Gasteiger partial charge < -0.3 is 10.3 Å². The Balaban J connectivity index is 1.93. The smallest absolute Gasteiger partial charge is 0.166 e. The fourth-order valence-corrected chi connectivity index (χ4v) is 2.97. The van der Waals surface area contributed by atoms with Gasteiger partial charge in [0.1, 0.15) is 12.2 Å². The van der Waals surface area contributed by atoms with Gasteiger partial charge in [-0.25, -0.2) is 15.0 Å². The molecule has 0 bridgehead atoms. The molecule has 0 saturated heterocycles. The summed E-state index contributed by atoms with van der Waals surface area (Å²) in [5, 5.41) is 0. The van der Waals surface area contributed by atoms with Crippen LogP contribution in [0.25, 0.3) is 22.6 Å². The summed E-state index contributed by atoms with van der Waals surface area (Å²) >= 11 is 0. The molecule has 0 aliphatic carbocycles. The predicted octanol–water partition coefficient (Wildman–Crippen LogP) is 3.33. The number of anilines is 1. The molecular formula is C20H17N5O. The average molecular weight is 343 g/mol. The molecule has 4 rings (SSSR count). The SMILES string of the molecule is CC(=O)c1cccc(-c2nc3c(N)ncnc3n2Cc2ccccc2)c1. The Morgan fingerprint density at radius 2 is 1.88 bits per heavy atom. The molecule has 6 nitrogen and oxygen atoms in total. The zero-order valence-electron chi connectivity index (χ0n) is 14.3. The number of benzene rings is 2. The summed E-state index contributed by atoms with van der Waals surface area (Å²) in [6.45, 7) is 2.14. The van der Waals surface area contributed by atoms with E-state index in [4.69, 9.17) is 5.73 Å². The third-order valence-electron chi connectivity index (χ3n) is 4.27. The summed E-state index contributed by atoms with van der Waals surface area (Å²) in [6, 6.07) is 17.5. The van der Waals surface area contributed by atoms with E-state index in [0.29, 0.717) is 34.9 Å². The Morgan fingerprint density at radius 1 is 1.08 bits per heavy atom. The number of Topliss-reactive ketones (excluding diaryl/α,β-unsaturated/α-hetero) is 1. The van der Waals surface area contributed by atoms with Crippen molar-refractivity contribution in [3.05, 3.63) is 72.1 Å². The van der Waals surface area contributed by atoms with Crippen molar-refractivity contribution in [3.63, 3.8) is 0 Å². The Bertz CT molecular complexity index is 1100. The van der Waals surface area contributed by atoms with Gasteiger partial charge in [-0.1, -0.05) is 48.5 Å². The second-order valence-corrected chi connectivity index (χ2v) is 6.08. The van der Waals surface area contributed by atoms with Gasteiger partial charge in [0.2, 0.25) is 0 Å². The molecule has 2 heterocycles. The van der Waals surface area contributed by atoms with E-state index in [1.807, 2.05) is 53.1 Å². The fourth-order valence-electron chi connectivity index (χ4n) is 2.97. The number of hydrogen-bond donors (Lipinski definition) is 1. The molecule has 0 aliphatic heterocycles. The lowest BCUT2D eigenvalue weighted by Crippen LogP contribution is -2.04. The summed E-state index contributed by atoms with van der Waals surface area (Å²) in [7, 11) is 0. The van der Waals surface area contributed by atoms with E-state index in [9.17, 15) is 4.79 Å². The monoisotopic (exact) mass is 343 g/mol. The van der Waals surface area contributed by atoms with Gasteiger partial charge in [-0.2, -0.15) is 0 Å². The maximum atomic E-state index is 11.8. The van der Waals surface area contributed by atoms with Crippen LogP contribution in [0.3, 0.4) is 0 Å². The molecule has 0 unspecified atom stereocenters. The molecule has 0 aliphatic rings. The van der Waals surface area contributed by atoms with E-state index in [0.717, 1.165) is 11.1 Å². The molecule has 2 aromatic carbocycles. The molecule has 0 atom stereocenters. The van der Waals surface area contributed by atoms with E-state index in [1.165, 1.54) is 6.33 Å². The molecule has 0 fully saturated rings. The summed E-state index contributed by atoms with van der Waals surface area (Å²) in [6.07, 6.45) is 1.44. The van der Waals surface area contributed by atoms with Crippen LogP contribution in [0.1, 0.15) is 22.8 Å². The highest BCUT2D eigenvalue weighted by Crippen LogP contribution is 2.27. The maximum absolute atomic E-state index is 11.8. The summed E-state index contributed by atoms with van der Waals surface area (Å²) in [5.74, 6) is 1.06. The number of nitrogens with two attached hydrogens (primary N) is 1. The van der Waals surface area contributed by atoms with Gasteiger partial charge in [0, 0.05) is 11.1 Å². The zero-order valence-corrected chi connectivity index (χ0v) is 14.3. The molecule has 2 aromatic heterocycles. The van der Waals surface area contributed by atoms with Crippen LogP contribution in [0.5, 0.6) is 0 Å². The van der Waals surface area contributed by atoms with Gasteiger partial charge in [0.15, 0.2) is 22.8 Å². The molecular weight excluding hydrogens is 326 g/mol. The predicted molar refractivity (Wildman–Crippen MR) is 101 cm³/mol. The highest BCUT2D eigenvalue weighted by atomic mass is 16.1. The standard InChI is InChI=1S/C20H17N5O/c1-13(26)15-8-5-9-16(10-15)19-24-17-18(21)22-12-23-20(17)25(19)11-14-6-3-2-4-7-14/h2-10,12H,11H2,1H3,(H2,21,22,23). The zero-order chi connectivity index (χ0) is 18.1. The minimum atomic E-state index is 0.0110. The second kappa shape index (κ2) is 6.40. The van der Waals surface area contributed by atoms with Crippen LogP contribution >= 0.6 is 0 Å². The van der Waals surface area contributed by atoms with Crippen molar-refractivity contribution in [2.45, 2.75) is 13.5 Å². The Labute approximate surface area is 150 Å². The molecule has 0 spiro atoms. The first-order chi connectivity index (χ1) is 12.6. The van der Waals surface area contributed by atoms with E-state index in [-0.39, 0.29) is 5.78 Å². The lowest BCUT2D eigenvalue weighted by molar-refractivity contribution is 0.101. The van der Waals surface area contributed by atoms with E-state index in [1.54, 1.807) is 13.0 Å². The number of aromatic nitrogens is 4. The number of carbonyl (C=O) groups excluding carboxylic acids is 1. The van der Waals surface area contributed by atoms with Gasteiger partial charge in [-0.15, -0.1) is 0 Å². The first-order valence-corrected chi connectivity index (χ1v) is 8.25. The third-order valence-corrected chi connectivity index (χ3v) is 4.27. The molecule has 128 valence electrons. The topological polar surface area (TPSA) is 86.7 Å². The van der Waals surface area contributed by atoms with Gasteiger partial charge in [0.25, 0.3) is 0 Å². The van der Waals surface area contributed by atoms with Crippen molar-refractivity contribution in [2.75, 3.05) is 5.73 Å². The molecule has 0 saturated carbocycles. The van der Waals surface area contributed by atoms with Crippen LogP contribution in [0, 0.1) is 0 Å². The van der Waals surface area contributed by atoms with Crippen molar-refractivity contribution in [1.29, 1.82) is 0 Å². The van der Waals surface area contributed by atoms with Crippen molar-refractivity contribution in [2.24, 2.45) is 0 Å². The molecule has 2 N–H and O–H groups in total. The van der Waals surface area contributed by atoms with Gasteiger partial charge in [-0.3, -0.25) is 4.79 Å². The van der Waals surface area contributed by atoms with Crippen molar-refractivity contribution >= 4 is 22.8 Å². The fraction of sp³-hybridized carbons (Fsp3) is 0.100. The number of rotatable bonds is 4. The van der Waals surface area contributed by atoms with E-state index < -0.39 is 0 Å². The van der Waals surface area contributed by atoms with Crippen LogP contribution in [-0.2, 0) is 6.54 Å². The molecule has 26 heavy (non-hydrogen) atoms. The Morgan fingerprint density at radius 3 is 2.65 bits per heavy atom. The van der Waals surface area contributed by atoms with E-state index in [2.05, 4.69) is 15.0 Å². The summed E-state index contributed by atoms with van der Waals surface area (Å²) in [4.78, 5) is 24.9. The van der Waals surface area contributed by atoms with Gasteiger partial charge in [-0.05, 0) is 18.6 Å². The van der Waals surface area contributed by atoms with E-state index >= 15 is 0 Å². The number of nitrogen functional groups attached to an aromatic ring is 1.